The van der Waals surface area contributed by atoms with Crippen molar-refractivity contribution in [2.75, 3.05) is 11.4 Å². The van der Waals surface area contributed by atoms with E-state index in [0.717, 1.165) is 11.3 Å². The third-order valence-corrected chi connectivity index (χ3v) is 7.16. The van der Waals surface area contributed by atoms with Crippen LogP contribution in [-0.2, 0) is 21.2 Å². The predicted octanol–water partition coefficient (Wildman–Crippen LogP) is 4.84. The van der Waals surface area contributed by atoms with Gasteiger partial charge in [-0.2, -0.15) is 0 Å². The Hall–Kier alpha value is -3.38. The Kier molecular flexibility index (Phi) is 5.65. The molecule has 1 amide bonds. The second kappa shape index (κ2) is 8.40. The number of carbonyl (C=O) groups is 1. The zero-order valence-electron chi connectivity index (χ0n) is 17.5. The molecule has 6 heteroatoms. The number of aryl methyl sites for hydroxylation is 1. The summed E-state index contributed by atoms with van der Waals surface area (Å²) in [5.74, 6) is -0.103. The number of amides is 1. The Balaban J connectivity index is 1.75. The molecule has 0 aliphatic carbocycles. The number of nitrogens with zero attached hydrogens (tertiary/aromatic N) is 2. The highest BCUT2D eigenvalue weighted by molar-refractivity contribution is 7.91. The number of likely N-dealkylation sites (N-methyl/N-ethyl adjacent to an activating group) is 1. The van der Waals surface area contributed by atoms with Crippen LogP contribution in [0.5, 0.6) is 0 Å². The first-order chi connectivity index (χ1) is 14.9. The highest BCUT2D eigenvalue weighted by Gasteiger charge is 2.24. The number of anilines is 1. The average Bonchev–Trinajstić information content (AvgIpc) is 3.15. The van der Waals surface area contributed by atoms with Gasteiger partial charge in [-0.15, -0.1) is 0 Å². The Morgan fingerprint density at radius 3 is 2.23 bits per heavy atom. The van der Waals surface area contributed by atoms with Gasteiger partial charge in [-0.25, -0.2) is 8.42 Å². The van der Waals surface area contributed by atoms with Gasteiger partial charge in [0.25, 0.3) is 0 Å². The molecule has 0 saturated heterocycles. The van der Waals surface area contributed by atoms with E-state index in [4.69, 9.17) is 0 Å². The summed E-state index contributed by atoms with van der Waals surface area (Å²) in [6, 6.07) is 23.6. The number of sulfone groups is 1. The molecule has 4 aromatic rings. The molecule has 5 nitrogen and oxygen atoms in total. The van der Waals surface area contributed by atoms with E-state index >= 15 is 0 Å². The molecule has 0 aliphatic heterocycles. The standard InChI is InChI=1S/C25H24N2O3S/c1-3-27(20-9-5-4-6-10-20)25(28)18-26-17-24(22-11-7-8-12-23(22)26)31(29,30)21-15-13-19(2)14-16-21/h4-17H,3,18H2,1-2H3. The number of para-hydroxylation sites is 2. The number of aromatic nitrogens is 1. The molecular formula is C25H24N2O3S. The van der Waals surface area contributed by atoms with Gasteiger partial charge in [-0.05, 0) is 44.2 Å². The van der Waals surface area contributed by atoms with E-state index in [1.54, 1.807) is 46.0 Å². The maximum absolute atomic E-state index is 13.4. The summed E-state index contributed by atoms with van der Waals surface area (Å²) < 4.78 is 28.4. The fourth-order valence-corrected chi connectivity index (χ4v) is 5.22. The summed E-state index contributed by atoms with van der Waals surface area (Å²) >= 11 is 0. The van der Waals surface area contributed by atoms with Gasteiger partial charge < -0.3 is 9.47 Å². The summed E-state index contributed by atoms with van der Waals surface area (Å²) in [5, 5.41) is 0.610. The van der Waals surface area contributed by atoms with Crippen molar-refractivity contribution in [2.45, 2.75) is 30.2 Å². The van der Waals surface area contributed by atoms with Crippen LogP contribution in [0.25, 0.3) is 10.9 Å². The SMILES string of the molecule is CCN(C(=O)Cn1cc(S(=O)(=O)c2ccc(C)cc2)c2ccccc21)c1ccccc1. The lowest BCUT2D eigenvalue weighted by molar-refractivity contribution is -0.119. The Morgan fingerprint density at radius 1 is 0.903 bits per heavy atom. The van der Waals surface area contributed by atoms with Crippen molar-refractivity contribution in [1.82, 2.24) is 4.57 Å². The smallest absolute Gasteiger partial charge is 0.246 e. The lowest BCUT2D eigenvalue weighted by Crippen LogP contribution is -2.33. The Morgan fingerprint density at radius 2 is 1.55 bits per heavy atom. The summed E-state index contributed by atoms with van der Waals surface area (Å²) in [7, 11) is -3.72. The maximum atomic E-state index is 13.4. The van der Waals surface area contributed by atoms with E-state index in [1.165, 1.54) is 0 Å². The Bertz CT molecular complexity index is 1320. The number of carbonyl (C=O) groups excluding carboxylic acids is 1. The van der Waals surface area contributed by atoms with E-state index in [0.29, 0.717) is 17.4 Å². The molecule has 0 spiro atoms. The third-order valence-electron chi connectivity index (χ3n) is 5.36. The fourth-order valence-electron chi connectivity index (χ4n) is 3.74. The zero-order valence-corrected chi connectivity index (χ0v) is 18.3. The normalized spacial score (nSPS) is 11.5. The molecule has 0 N–H and O–H groups in total. The first-order valence-corrected chi connectivity index (χ1v) is 11.6. The molecule has 31 heavy (non-hydrogen) atoms. The van der Waals surface area contributed by atoms with Crippen molar-refractivity contribution in [3.05, 3.63) is 90.6 Å². The zero-order chi connectivity index (χ0) is 22.0. The second-order valence-corrected chi connectivity index (χ2v) is 9.35. The molecule has 0 aliphatic rings. The summed E-state index contributed by atoms with van der Waals surface area (Å²) in [6.45, 7) is 4.41. The molecule has 1 heterocycles. The molecule has 0 saturated carbocycles. The minimum atomic E-state index is -3.72. The molecule has 158 valence electrons. The molecule has 0 unspecified atom stereocenters. The van der Waals surface area contributed by atoms with E-state index in [2.05, 4.69) is 0 Å². The van der Waals surface area contributed by atoms with Gasteiger partial charge in [-0.1, -0.05) is 54.1 Å². The lowest BCUT2D eigenvalue weighted by atomic mass is 10.2. The van der Waals surface area contributed by atoms with Crippen LogP contribution in [0.3, 0.4) is 0 Å². The first-order valence-electron chi connectivity index (χ1n) is 10.2. The number of fused-ring (bicyclic) bond motifs is 1. The molecule has 4 rings (SSSR count). The van der Waals surface area contributed by atoms with E-state index in [-0.39, 0.29) is 22.2 Å². The Labute approximate surface area is 182 Å². The van der Waals surface area contributed by atoms with Gasteiger partial charge >= 0.3 is 0 Å². The van der Waals surface area contributed by atoms with Crippen LogP contribution in [0.15, 0.2) is 94.9 Å². The highest BCUT2D eigenvalue weighted by atomic mass is 32.2. The van der Waals surface area contributed by atoms with Crippen LogP contribution in [-0.4, -0.2) is 25.4 Å². The van der Waals surface area contributed by atoms with Crippen LogP contribution in [0.1, 0.15) is 12.5 Å². The molecule has 3 aromatic carbocycles. The minimum absolute atomic E-state index is 0.0483. The molecule has 0 fully saturated rings. The highest BCUT2D eigenvalue weighted by Crippen LogP contribution is 2.30. The molecule has 0 bridgehead atoms. The monoisotopic (exact) mass is 432 g/mol. The van der Waals surface area contributed by atoms with Crippen LogP contribution in [0, 0.1) is 6.92 Å². The molecule has 0 atom stereocenters. The van der Waals surface area contributed by atoms with E-state index < -0.39 is 9.84 Å². The number of rotatable bonds is 6. The van der Waals surface area contributed by atoms with E-state index in [1.807, 2.05) is 62.4 Å². The van der Waals surface area contributed by atoms with Crippen LogP contribution >= 0.6 is 0 Å². The van der Waals surface area contributed by atoms with Crippen molar-refractivity contribution in [3.8, 4) is 0 Å². The van der Waals surface area contributed by atoms with Gasteiger partial charge in [0.15, 0.2) is 0 Å². The van der Waals surface area contributed by atoms with Gasteiger partial charge in [0, 0.05) is 29.3 Å². The van der Waals surface area contributed by atoms with E-state index in [9.17, 15) is 13.2 Å². The molecular weight excluding hydrogens is 408 g/mol. The van der Waals surface area contributed by atoms with Crippen LogP contribution in [0.2, 0.25) is 0 Å². The number of hydrogen-bond acceptors (Lipinski definition) is 3. The lowest BCUT2D eigenvalue weighted by Gasteiger charge is -2.21. The number of hydrogen-bond donors (Lipinski definition) is 0. The summed E-state index contributed by atoms with van der Waals surface area (Å²) in [5.41, 5.74) is 2.53. The van der Waals surface area contributed by atoms with Gasteiger partial charge in [0.2, 0.25) is 15.7 Å². The quantitative estimate of drug-likeness (QED) is 0.438. The minimum Gasteiger partial charge on any atom is -0.337 e. The molecule has 0 radical (unpaired) electrons. The average molecular weight is 433 g/mol. The molecule has 1 aromatic heterocycles. The fraction of sp³-hybridized carbons (Fsp3) is 0.160. The van der Waals surface area contributed by atoms with Gasteiger partial charge in [0.05, 0.1) is 9.79 Å². The second-order valence-electron chi connectivity index (χ2n) is 7.43. The third kappa shape index (κ3) is 3.99. The first kappa shape index (κ1) is 20.9. The van der Waals surface area contributed by atoms with Gasteiger partial charge in [0.1, 0.15) is 6.54 Å². The van der Waals surface area contributed by atoms with Crippen molar-refractivity contribution in [1.29, 1.82) is 0 Å². The largest absolute Gasteiger partial charge is 0.337 e. The number of benzene rings is 3. The maximum Gasteiger partial charge on any atom is 0.246 e. The predicted molar refractivity (Wildman–Crippen MR) is 123 cm³/mol. The topological polar surface area (TPSA) is 59.4 Å². The van der Waals surface area contributed by atoms with Gasteiger partial charge in [-0.3, -0.25) is 4.79 Å². The van der Waals surface area contributed by atoms with Crippen molar-refractivity contribution >= 4 is 32.3 Å². The summed E-state index contributed by atoms with van der Waals surface area (Å²) in [4.78, 5) is 15.3. The van der Waals surface area contributed by atoms with Crippen molar-refractivity contribution in [2.24, 2.45) is 0 Å². The van der Waals surface area contributed by atoms with Crippen LogP contribution < -0.4 is 4.90 Å². The van der Waals surface area contributed by atoms with Crippen molar-refractivity contribution < 1.29 is 13.2 Å². The van der Waals surface area contributed by atoms with Crippen LogP contribution in [0.4, 0.5) is 5.69 Å². The van der Waals surface area contributed by atoms with Crippen molar-refractivity contribution in [3.63, 3.8) is 0 Å². The summed E-state index contributed by atoms with van der Waals surface area (Å²) in [6.07, 6.45) is 1.58.